The van der Waals surface area contributed by atoms with Crippen molar-refractivity contribution in [2.45, 2.75) is 31.8 Å². The fraction of sp³-hybridized carbons (Fsp3) is 0.292. The number of nitrogens with one attached hydrogen (secondary N) is 2. The van der Waals surface area contributed by atoms with Gasteiger partial charge >= 0.3 is 5.97 Å². The Bertz CT molecular complexity index is 1550. The maximum Gasteiger partial charge on any atom is 0.332 e. The highest BCUT2D eigenvalue weighted by Crippen LogP contribution is 2.26. The van der Waals surface area contributed by atoms with E-state index in [-0.39, 0.29) is 30.1 Å². The number of pyridine rings is 2. The van der Waals surface area contributed by atoms with Gasteiger partial charge in [0.05, 0.1) is 24.7 Å². The van der Waals surface area contributed by atoms with Crippen LogP contribution in [-0.2, 0) is 24.2 Å². The van der Waals surface area contributed by atoms with Crippen LogP contribution in [0.3, 0.4) is 0 Å². The third-order valence-corrected chi connectivity index (χ3v) is 6.25. The van der Waals surface area contributed by atoms with Gasteiger partial charge in [0, 0.05) is 30.5 Å². The fourth-order valence-electron chi connectivity index (χ4n) is 4.41. The molecule has 0 amide bonds. The van der Waals surface area contributed by atoms with E-state index in [4.69, 9.17) is 14.5 Å². The Morgan fingerprint density at radius 3 is 2.94 bits per heavy atom. The number of methoxy groups -OCH3 is 1. The number of carbonyl (C=O) groups is 1. The molecule has 2 N–H and O–H groups in total. The van der Waals surface area contributed by atoms with Crippen LogP contribution < -0.4 is 25.7 Å². The molecule has 0 aromatic carbocycles. The minimum Gasteiger partial charge on any atom is -0.481 e. The summed E-state index contributed by atoms with van der Waals surface area (Å²) in [5.74, 6) is 0.602. The van der Waals surface area contributed by atoms with E-state index >= 15 is 0 Å². The lowest BCUT2D eigenvalue weighted by Gasteiger charge is -2.25. The van der Waals surface area contributed by atoms with Crippen LogP contribution in [0.5, 0.6) is 11.8 Å². The molecule has 0 spiro atoms. The molecule has 1 unspecified atom stereocenters. The smallest absolute Gasteiger partial charge is 0.332 e. The Labute approximate surface area is 204 Å². The average Bonchev–Trinajstić information content (AvgIpc) is 2.91. The number of hydrogen-bond acceptors (Lipinski definition) is 11. The number of anilines is 1. The number of aromatic nitrogens is 6. The van der Waals surface area contributed by atoms with Gasteiger partial charge in [-0.3, -0.25) is 4.79 Å². The van der Waals surface area contributed by atoms with Crippen LogP contribution in [0, 0.1) is 0 Å². The second kappa shape index (κ2) is 8.96. The zero-order valence-corrected chi connectivity index (χ0v) is 19.4. The molecule has 1 atom stereocenters. The van der Waals surface area contributed by atoms with E-state index < -0.39 is 0 Å². The van der Waals surface area contributed by atoms with Crippen molar-refractivity contribution in [2.75, 3.05) is 19.0 Å². The molecular weight excluding hydrogens is 464 g/mol. The molecule has 5 heterocycles. The van der Waals surface area contributed by atoms with Crippen LogP contribution in [-0.4, -0.2) is 55.2 Å². The van der Waals surface area contributed by atoms with Gasteiger partial charge in [0.1, 0.15) is 12.1 Å². The third kappa shape index (κ3) is 4.11. The normalized spacial score (nSPS) is 16.6. The Hall–Kier alpha value is -4.45. The predicted molar refractivity (Wildman–Crippen MR) is 128 cm³/mol. The molecule has 182 valence electrons. The number of aryl methyl sites for hydroxylation is 1. The van der Waals surface area contributed by atoms with E-state index in [1.54, 1.807) is 18.3 Å². The molecule has 0 fully saturated rings. The lowest BCUT2D eigenvalue weighted by Crippen LogP contribution is -2.35. The number of hydrogen-bond donors (Lipinski definition) is 2. The van der Waals surface area contributed by atoms with Crippen molar-refractivity contribution in [1.29, 1.82) is 0 Å². The van der Waals surface area contributed by atoms with Crippen LogP contribution in [0.15, 0.2) is 41.5 Å². The summed E-state index contributed by atoms with van der Waals surface area (Å²) in [6.45, 7) is 0.684. The molecule has 4 aromatic heterocycles. The maximum absolute atomic E-state index is 12.7. The number of carbonyl (C=O) groups excluding carboxylic acids is 1. The summed E-state index contributed by atoms with van der Waals surface area (Å²) in [4.78, 5) is 46.4. The van der Waals surface area contributed by atoms with Gasteiger partial charge in [0.25, 0.3) is 5.56 Å². The quantitative estimate of drug-likeness (QED) is 0.389. The molecule has 36 heavy (non-hydrogen) atoms. The molecule has 1 aliphatic heterocycles. The predicted octanol–water partition coefficient (Wildman–Crippen LogP) is 0.952. The Kier molecular flexibility index (Phi) is 5.49. The Morgan fingerprint density at radius 1 is 1.14 bits per heavy atom. The van der Waals surface area contributed by atoms with Crippen LogP contribution in [0.1, 0.15) is 23.4 Å². The Morgan fingerprint density at radius 2 is 2.06 bits per heavy atom. The summed E-state index contributed by atoms with van der Waals surface area (Å²) in [6, 6.07) is 7.41. The van der Waals surface area contributed by atoms with Gasteiger partial charge in [-0.1, -0.05) is 0 Å². The van der Waals surface area contributed by atoms with Crippen LogP contribution in [0.4, 0.5) is 5.69 Å². The van der Waals surface area contributed by atoms with Crippen molar-refractivity contribution >= 4 is 22.8 Å². The van der Waals surface area contributed by atoms with E-state index in [9.17, 15) is 9.59 Å². The summed E-state index contributed by atoms with van der Waals surface area (Å²) in [5.41, 5.74) is 3.95. The molecule has 0 saturated carbocycles. The monoisotopic (exact) mass is 486 g/mol. The lowest BCUT2D eigenvalue weighted by molar-refractivity contribution is -0.133. The van der Waals surface area contributed by atoms with E-state index in [1.165, 1.54) is 17.9 Å². The van der Waals surface area contributed by atoms with Gasteiger partial charge in [-0.15, -0.1) is 0 Å². The van der Waals surface area contributed by atoms with Crippen molar-refractivity contribution in [3.63, 3.8) is 0 Å². The first kappa shape index (κ1) is 22.0. The van der Waals surface area contributed by atoms with E-state index in [0.717, 1.165) is 36.2 Å². The highest BCUT2D eigenvalue weighted by atomic mass is 16.5. The van der Waals surface area contributed by atoms with Gasteiger partial charge in [-0.2, -0.15) is 4.98 Å². The standard InChI is InChI=1S/C24H22N8O4/c1-35-19-7-6-17-22(31-19)32(20(33)11-26-17)24-28-9-13-8-14(2-4-16(13)30-24)25-10-15-3-5-18-23(29-15)36-21(34)12-27-18/h3,5-7,9,11,14,25,27H,2,4,8,10,12H2,1H3. The first-order chi connectivity index (χ1) is 17.6. The molecule has 4 aromatic rings. The zero-order valence-electron chi connectivity index (χ0n) is 19.4. The number of fused-ring (bicyclic) bond motifs is 3. The number of rotatable bonds is 5. The maximum atomic E-state index is 12.7. The summed E-state index contributed by atoms with van der Waals surface area (Å²) in [7, 11) is 1.51. The molecule has 12 nitrogen and oxygen atoms in total. The average molecular weight is 486 g/mol. The molecule has 12 heteroatoms. The van der Waals surface area contributed by atoms with Crippen molar-refractivity contribution < 1.29 is 14.3 Å². The summed E-state index contributed by atoms with van der Waals surface area (Å²) in [6.07, 6.45) is 5.35. The third-order valence-electron chi connectivity index (χ3n) is 6.25. The van der Waals surface area contributed by atoms with Crippen LogP contribution >= 0.6 is 0 Å². The minimum absolute atomic E-state index is 0.147. The van der Waals surface area contributed by atoms with Gasteiger partial charge in [-0.05, 0) is 43.0 Å². The van der Waals surface area contributed by atoms with Gasteiger partial charge in [0.15, 0.2) is 5.65 Å². The zero-order chi connectivity index (χ0) is 24.6. The second-order valence-corrected chi connectivity index (χ2v) is 8.57. The molecule has 6 rings (SSSR count). The molecule has 1 aliphatic carbocycles. The second-order valence-electron chi connectivity index (χ2n) is 8.57. The van der Waals surface area contributed by atoms with E-state index in [1.807, 2.05) is 12.1 Å². The molecule has 0 bridgehead atoms. The Balaban J connectivity index is 1.20. The first-order valence-corrected chi connectivity index (χ1v) is 11.5. The van der Waals surface area contributed by atoms with E-state index in [0.29, 0.717) is 35.2 Å². The number of esters is 1. The van der Waals surface area contributed by atoms with Crippen molar-refractivity contribution in [2.24, 2.45) is 0 Å². The van der Waals surface area contributed by atoms with Crippen molar-refractivity contribution in [3.05, 3.63) is 64.0 Å². The van der Waals surface area contributed by atoms with Crippen molar-refractivity contribution in [1.82, 2.24) is 34.8 Å². The summed E-state index contributed by atoms with van der Waals surface area (Å²) < 4.78 is 11.8. The number of ether oxygens (including phenoxy) is 2. The molecule has 2 aliphatic rings. The number of nitrogens with zero attached hydrogens (tertiary/aromatic N) is 6. The first-order valence-electron chi connectivity index (χ1n) is 11.5. The SMILES string of the molecule is COc1ccc2ncc(=O)n(-c3ncc4c(n3)CCC(NCc3ccc5c(n3)OC(=O)CN5)C4)c2n1. The van der Waals surface area contributed by atoms with Gasteiger partial charge in [0.2, 0.25) is 17.7 Å². The highest BCUT2D eigenvalue weighted by molar-refractivity contribution is 5.82. The lowest BCUT2D eigenvalue weighted by atomic mass is 9.93. The summed E-state index contributed by atoms with van der Waals surface area (Å²) >= 11 is 0. The van der Waals surface area contributed by atoms with Crippen LogP contribution in [0.2, 0.25) is 0 Å². The fourth-order valence-corrected chi connectivity index (χ4v) is 4.41. The molecule has 0 saturated heterocycles. The molecule has 0 radical (unpaired) electrons. The topological polar surface area (TPSA) is 146 Å². The van der Waals surface area contributed by atoms with Crippen LogP contribution in [0.25, 0.3) is 17.1 Å². The van der Waals surface area contributed by atoms with Gasteiger partial charge < -0.3 is 20.1 Å². The largest absolute Gasteiger partial charge is 0.481 e. The molecular formula is C24H22N8O4. The van der Waals surface area contributed by atoms with Crippen molar-refractivity contribution in [3.8, 4) is 17.7 Å². The minimum atomic E-state index is -0.364. The summed E-state index contributed by atoms with van der Waals surface area (Å²) in [5, 5.41) is 6.51. The highest BCUT2D eigenvalue weighted by Gasteiger charge is 2.23. The van der Waals surface area contributed by atoms with E-state index in [2.05, 4.69) is 30.6 Å². The van der Waals surface area contributed by atoms with Gasteiger partial charge in [-0.25, -0.2) is 29.3 Å².